The molecule has 1 aliphatic rings. The molecule has 100 valence electrons. The third-order valence-corrected chi connectivity index (χ3v) is 4.26. The lowest BCUT2D eigenvalue weighted by Crippen LogP contribution is -2.41. The molecule has 1 aromatic rings. The average molecular weight is 248 g/mol. The van der Waals surface area contributed by atoms with E-state index in [1.807, 2.05) is 13.1 Å². The highest BCUT2D eigenvalue weighted by molar-refractivity contribution is 5.41. The summed E-state index contributed by atoms with van der Waals surface area (Å²) in [7, 11) is 1.74. The molecule has 0 amide bonds. The summed E-state index contributed by atoms with van der Waals surface area (Å²) in [5, 5.41) is 3.67. The molecule has 1 aromatic heterocycles. The van der Waals surface area contributed by atoms with Crippen molar-refractivity contribution in [3.05, 3.63) is 23.0 Å². The summed E-state index contributed by atoms with van der Waals surface area (Å²) in [5.74, 6) is 0.990. The summed E-state index contributed by atoms with van der Waals surface area (Å²) >= 11 is 0. The number of nitrogens with one attached hydrogen (secondary N) is 1. The number of aryl methyl sites for hydroxylation is 1. The van der Waals surface area contributed by atoms with E-state index in [1.165, 1.54) is 24.1 Å². The summed E-state index contributed by atoms with van der Waals surface area (Å²) in [6.45, 7) is 7.56. The first kappa shape index (κ1) is 13.3. The van der Waals surface area contributed by atoms with Crippen LogP contribution in [0.2, 0.25) is 0 Å². The number of nitrogens with zero attached hydrogens (tertiary/aromatic N) is 1. The van der Waals surface area contributed by atoms with E-state index >= 15 is 0 Å². The van der Waals surface area contributed by atoms with Gasteiger partial charge in [-0.15, -0.1) is 0 Å². The van der Waals surface area contributed by atoms with E-state index in [4.69, 9.17) is 4.74 Å². The fourth-order valence-corrected chi connectivity index (χ4v) is 3.02. The molecule has 1 unspecified atom stereocenters. The van der Waals surface area contributed by atoms with Crippen LogP contribution in [-0.2, 0) is 6.42 Å². The van der Waals surface area contributed by atoms with Crippen molar-refractivity contribution in [1.82, 2.24) is 10.3 Å². The predicted molar refractivity (Wildman–Crippen MR) is 74.2 cm³/mol. The number of rotatable bonds is 4. The summed E-state index contributed by atoms with van der Waals surface area (Å²) in [6, 6.07) is 0. The van der Waals surface area contributed by atoms with Crippen LogP contribution in [-0.4, -0.2) is 24.2 Å². The van der Waals surface area contributed by atoms with E-state index in [2.05, 4.69) is 24.1 Å². The minimum atomic E-state index is 0.248. The Labute approximate surface area is 110 Å². The summed E-state index contributed by atoms with van der Waals surface area (Å²) in [5.41, 5.74) is 3.73. The van der Waals surface area contributed by atoms with Crippen molar-refractivity contribution in [2.45, 2.75) is 52.0 Å². The van der Waals surface area contributed by atoms with E-state index in [0.717, 1.165) is 30.7 Å². The van der Waals surface area contributed by atoms with Crippen LogP contribution in [0.1, 0.15) is 43.0 Å². The van der Waals surface area contributed by atoms with Crippen LogP contribution in [0, 0.1) is 13.8 Å². The van der Waals surface area contributed by atoms with Gasteiger partial charge in [0.25, 0.3) is 0 Å². The smallest absolute Gasteiger partial charge is 0.128 e. The van der Waals surface area contributed by atoms with Gasteiger partial charge >= 0.3 is 0 Å². The third-order valence-electron chi connectivity index (χ3n) is 4.26. The van der Waals surface area contributed by atoms with Crippen molar-refractivity contribution in [2.24, 2.45) is 0 Å². The molecule has 0 spiro atoms. The molecular formula is C15H24N2O. The largest absolute Gasteiger partial charge is 0.496 e. The molecule has 2 heterocycles. The zero-order chi connectivity index (χ0) is 13.2. The summed E-state index contributed by atoms with van der Waals surface area (Å²) in [4.78, 5) is 4.62. The predicted octanol–water partition coefficient (Wildman–Crippen LogP) is 2.78. The number of pyridine rings is 1. The van der Waals surface area contributed by atoms with Gasteiger partial charge in [0.2, 0.25) is 0 Å². The molecule has 1 saturated heterocycles. The average Bonchev–Trinajstić information content (AvgIpc) is 2.83. The van der Waals surface area contributed by atoms with Crippen LogP contribution in [0.4, 0.5) is 0 Å². The van der Waals surface area contributed by atoms with Gasteiger partial charge in [-0.25, -0.2) is 0 Å². The minimum absolute atomic E-state index is 0.248. The Morgan fingerprint density at radius 1 is 1.44 bits per heavy atom. The minimum Gasteiger partial charge on any atom is -0.496 e. The first-order chi connectivity index (χ1) is 8.62. The number of hydrogen-bond donors (Lipinski definition) is 1. The van der Waals surface area contributed by atoms with Crippen molar-refractivity contribution in [1.29, 1.82) is 0 Å². The lowest BCUT2D eigenvalue weighted by molar-refractivity contribution is 0.353. The standard InChI is InChI=1S/C15H24N2O/c1-5-15(7-6-8-17-15)9-13-12(3)14(18-4)11(2)10-16-13/h10,17H,5-9H2,1-4H3. The molecule has 0 saturated carbocycles. The van der Waals surface area contributed by atoms with Gasteiger partial charge in [-0.05, 0) is 39.7 Å². The van der Waals surface area contributed by atoms with Gasteiger partial charge in [0.05, 0.1) is 7.11 Å². The first-order valence-corrected chi connectivity index (χ1v) is 6.86. The molecule has 1 fully saturated rings. The molecule has 0 bridgehead atoms. The molecule has 1 atom stereocenters. The third kappa shape index (κ3) is 2.37. The van der Waals surface area contributed by atoms with Crippen LogP contribution < -0.4 is 10.1 Å². The fraction of sp³-hybridized carbons (Fsp3) is 0.667. The molecule has 3 heteroatoms. The Bertz CT molecular complexity index is 423. The maximum atomic E-state index is 5.49. The van der Waals surface area contributed by atoms with Crippen LogP contribution in [0.15, 0.2) is 6.20 Å². The second-order valence-electron chi connectivity index (χ2n) is 5.39. The molecule has 18 heavy (non-hydrogen) atoms. The Kier molecular flexibility index (Phi) is 3.91. The fourth-order valence-electron chi connectivity index (χ4n) is 3.02. The van der Waals surface area contributed by atoms with Gasteiger partial charge in [-0.3, -0.25) is 4.98 Å². The molecule has 1 aliphatic heterocycles. The van der Waals surface area contributed by atoms with Crippen LogP contribution in [0.5, 0.6) is 5.75 Å². The summed E-state index contributed by atoms with van der Waals surface area (Å²) < 4.78 is 5.49. The van der Waals surface area contributed by atoms with Gasteiger partial charge < -0.3 is 10.1 Å². The highest BCUT2D eigenvalue weighted by atomic mass is 16.5. The van der Waals surface area contributed by atoms with Crippen molar-refractivity contribution < 1.29 is 4.74 Å². The monoisotopic (exact) mass is 248 g/mol. The zero-order valence-electron chi connectivity index (χ0n) is 12.0. The molecule has 3 nitrogen and oxygen atoms in total. The van der Waals surface area contributed by atoms with Gasteiger partial charge in [-0.2, -0.15) is 0 Å². The number of hydrogen-bond acceptors (Lipinski definition) is 3. The maximum Gasteiger partial charge on any atom is 0.128 e. The second-order valence-corrected chi connectivity index (χ2v) is 5.39. The van der Waals surface area contributed by atoms with Gasteiger partial charge in [0, 0.05) is 35.0 Å². The van der Waals surface area contributed by atoms with E-state index in [9.17, 15) is 0 Å². The Hall–Kier alpha value is -1.09. The highest BCUT2D eigenvalue weighted by Crippen LogP contribution is 2.31. The molecule has 2 rings (SSSR count). The highest BCUT2D eigenvalue weighted by Gasteiger charge is 2.32. The number of methoxy groups -OCH3 is 1. The van der Waals surface area contributed by atoms with Gasteiger partial charge in [0.1, 0.15) is 5.75 Å². The molecule has 0 aromatic carbocycles. The van der Waals surface area contributed by atoms with E-state index in [1.54, 1.807) is 7.11 Å². The zero-order valence-corrected chi connectivity index (χ0v) is 12.0. The molecule has 0 aliphatic carbocycles. The number of aromatic nitrogens is 1. The van der Waals surface area contributed by atoms with E-state index in [0.29, 0.717) is 0 Å². The second kappa shape index (κ2) is 5.27. The lowest BCUT2D eigenvalue weighted by atomic mass is 9.87. The first-order valence-electron chi connectivity index (χ1n) is 6.86. The topological polar surface area (TPSA) is 34.1 Å². The molecular weight excluding hydrogens is 224 g/mol. The van der Waals surface area contributed by atoms with E-state index in [-0.39, 0.29) is 5.54 Å². The maximum absolute atomic E-state index is 5.49. The van der Waals surface area contributed by atoms with Gasteiger partial charge in [0.15, 0.2) is 0 Å². The van der Waals surface area contributed by atoms with Gasteiger partial charge in [-0.1, -0.05) is 6.92 Å². The Morgan fingerprint density at radius 3 is 2.78 bits per heavy atom. The summed E-state index contributed by atoms with van der Waals surface area (Å²) in [6.07, 6.45) is 6.62. The normalized spacial score (nSPS) is 23.3. The van der Waals surface area contributed by atoms with Crippen molar-refractivity contribution >= 4 is 0 Å². The van der Waals surface area contributed by atoms with E-state index < -0.39 is 0 Å². The number of ether oxygens (including phenoxy) is 1. The Morgan fingerprint density at radius 2 is 2.22 bits per heavy atom. The lowest BCUT2D eigenvalue weighted by Gasteiger charge is -2.28. The van der Waals surface area contributed by atoms with Crippen molar-refractivity contribution in [3.8, 4) is 5.75 Å². The Balaban J connectivity index is 2.29. The SMILES string of the molecule is CCC1(Cc2ncc(C)c(OC)c2C)CCCN1. The van der Waals surface area contributed by atoms with Crippen LogP contribution in [0.25, 0.3) is 0 Å². The van der Waals surface area contributed by atoms with Crippen LogP contribution >= 0.6 is 0 Å². The molecule has 0 radical (unpaired) electrons. The van der Waals surface area contributed by atoms with Crippen molar-refractivity contribution in [2.75, 3.05) is 13.7 Å². The molecule has 1 N–H and O–H groups in total. The quantitative estimate of drug-likeness (QED) is 0.889. The van der Waals surface area contributed by atoms with Crippen LogP contribution in [0.3, 0.4) is 0 Å². The van der Waals surface area contributed by atoms with Crippen molar-refractivity contribution in [3.63, 3.8) is 0 Å².